The van der Waals surface area contributed by atoms with Crippen molar-refractivity contribution in [3.05, 3.63) is 35.4 Å². The van der Waals surface area contributed by atoms with Crippen LogP contribution in [0.1, 0.15) is 17.5 Å². The third kappa shape index (κ3) is 4.31. The molecular weight excluding hydrogens is 204 g/mol. The molecule has 1 aromatic rings. The van der Waals surface area contributed by atoms with Gasteiger partial charge in [-0.25, -0.2) is 4.79 Å². The molecular formula is C12H18N2O2. The van der Waals surface area contributed by atoms with Crippen molar-refractivity contribution in [2.24, 2.45) is 5.73 Å². The first kappa shape index (κ1) is 12.5. The monoisotopic (exact) mass is 222 g/mol. The third-order valence-electron chi connectivity index (χ3n) is 2.27. The fourth-order valence-corrected chi connectivity index (χ4v) is 1.26. The van der Waals surface area contributed by atoms with E-state index in [-0.39, 0.29) is 0 Å². The van der Waals surface area contributed by atoms with Crippen molar-refractivity contribution in [1.82, 2.24) is 5.32 Å². The minimum Gasteiger partial charge on any atom is -0.445 e. The molecule has 0 spiro atoms. The second-order valence-corrected chi connectivity index (χ2v) is 3.57. The Kier molecular flexibility index (Phi) is 5.36. The van der Waals surface area contributed by atoms with E-state index < -0.39 is 6.09 Å². The lowest BCUT2D eigenvalue weighted by molar-refractivity contribution is 0.139. The largest absolute Gasteiger partial charge is 0.445 e. The van der Waals surface area contributed by atoms with Gasteiger partial charge < -0.3 is 15.8 Å². The Morgan fingerprint density at radius 2 is 2.19 bits per heavy atom. The quantitative estimate of drug-likeness (QED) is 0.743. The molecule has 88 valence electrons. The Morgan fingerprint density at radius 1 is 1.44 bits per heavy atom. The van der Waals surface area contributed by atoms with E-state index in [9.17, 15) is 4.79 Å². The van der Waals surface area contributed by atoms with Crippen LogP contribution in [0.15, 0.2) is 24.3 Å². The molecule has 0 saturated carbocycles. The van der Waals surface area contributed by atoms with E-state index in [2.05, 4.69) is 5.32 Å². The van der Waals surface area contributed by atoms with Gasteiger partial charge in [0.05, 0.1) is 0 Å². The highest BCUT2D eigenvalue weighted by Crippen LogP contribution is 2.07. The Bertz CT molecular complexity index is 340. The number of amides is 1. The topological polar surface area (TPSA) is 64.3 Å². The maximum absolute atomic E-state index is 11.2. The van der Waals surface area contributed by atoms with Gasteiger partial charge in [0, 0.05) is 6.54 Å². The second-order valence-electron chi connectivity index (χ2n) is 3.57. The van der Waals surface area contributed by atoms with Crippen LogP contribution in [0.2, 0.25) is 0 Å². The number of carbonyl (C=O) groups is 1. The number of ether oxygens (including phenoxy) is 1. The summed E-state index contributed by atoms with van der Waals surface area (Å²) in [4.78, 5) is 11.2. The average molecular weight is 222 g/mol. The molecule has 3 N–H and O–H groups in total. The number of hydrogen-bond acceptors (Lipinski definition) is 3. The van der Waals surface area contributed by atoms with E-state index in [1.165, 1.54) is 0 Å². The highest BCUT2D eigenvalue weighted by Gasteiger charge is 2.02. The number of aryl methyl sites for hydroxylation is 1. The molecule has 0 saturated heterocycles. The lowest BCUT2D eigenvalue weighted by Gasteiger charge is -2.08. The molecule has 0 heterocycles. The van der Waals surface area contributed by atoms with Gasteiger partial charge in [0.2, 0.25) is 0 Å². The van der Waals surface area contributed by atoms with Gasteiger partial charge >= 0.3 is 6.09 Å². The van der Waals surface area contributed by atoms with Gasteiger partial charge in [-0.2, -0.15) is 0 Å². The summed E-state index contributed by atoms with van der Waals surface area (Å²) in [6.45, 7) is 3.42. The summed E-state index contributed by atoms with van der Waals surface area (Å²) in [5.74, 6) is 0. The minimum atomic E-state index is -0.392. The fourth-order valence-electron chi connectivity index (χ4n) is 1.26. The van der Waals surface area contributed by atoms with Crippen LogP contribution < -0.4 is 11.1 Å². The van der Waals surface area contributed by atoms with Crippen LogP contribution in [0.4, 0.5) is 4.79 Å². The number of benzene rings is 1. The van der Waals surface area contributed by atoms with E-state index in [1.807, 2.05) is 31.2 Å². The first-order valence-corrected chi connectivity index (χ1v) is 5.39. The third-order valence-corrected chi connectivity index (χ3v) is 2.27. The van der Waals surface area contributed by atoms with Crippen molar-refractivity contribution in [2.45, 2.75) is 20.0 Å². The Labute approximate surface area is 95.8 Å². The summed E-state index contributed by atoms with van der Waals surface area (Å²) >= 11 is 0. The molecule has 4 heteroatoms. The number of rotatable bonds is 5. The van der Waals surface area contributed by atoms with Crippen molar-refractivity contribution in [3.8, 4) is 0 Å². The van der Waals surface area contributed by atoms with Gasteiger partial charge in [-0.05, 0) is 31.0 Å². The van der Waals surface area contributed by atoms with Crippen LogP contribution in [-0.2, 0) is 11.3 Å². The van der Waals surface area contributed by atoms with Crippen molar-refractivity contribution in [1.29, 1.82) is 0 Å². The Hall–Kier alpha value is -1.55. The number of alkyl carbamates (subject to hydrolysis) is 1. The first-order valence-electron chi connectivity index (χ1n) is 5.39. The van der Waals surface area contributed by atoms with Crippen LogP contribution in [0, 0.1) is 6.92 Å². The molecule has 1 amide bonds. The SMILES string of the molecule is Cc1ccccc1COC(=O)NCCCN. The number of carbonyl (C=O) groups excluding carboxylic acids is 1. The van der Waals surface area contributed by atoms with Crippen LogP contribution >= 0.6 is 0 Å². The fraction of sp³-hybridized carbons (Fsp3) is 0.417. The lowest BCUT2D eigenvalue weighted by Crippen LogP contribution is -2.26. The number of nitrogens with two attached hydrogens (primary N) is 1. The second kappa shape index (κ2) is 6.85. The summed E-state index contributed by atoms with van der Waals surface area (Å²) in [7, 11) is 0. The standard InChI is InChI=1S/C12H18N2O2/c1-10-5-2-3-6-11(10)9-16-12(15)14-8-4-7-13/h2-3,5-6H,4,7-9,13H2,1H3,(H,14,15). The van der Waals surface area contributed by atoms with Gasteiger partial charge in [-0.3, -0.25) is 0 Å². The van der Waals surface area contributed by atoms with Crippen molar-refractivity contribution >= 4 is 6.09 Å². The Morgan fingerprint density at radius 3 is 2.88 bits per heavy atom. The van der Waals surface area contributed by atoms with Gasteiger partial charge in [-0.15, -0.1) is 0 Å². The summed E-state index contributed by atoms with van der Waals surface area (Å²) in [5.41, 5.74) is 7.45. The molecule has 0 bridgehead atoms. The Balaban J connectivity index is 2.29. The molecule has 0 atom stereocenters. The molecule has 0 aliphatic rings. The van der Waals surface area contributed by atoms with Gasteiger partial charge in [-0.1, -0.05) is 24.3 Å². The molecule has 16 heavy (non-hydrogen) atoms. The normalized spacial score (nSPS) is 9.88. The lowest BCUT2D eigenvalue weighted by atomic mass is 10.1. The zero-order valence-electron chi connectivity index (χ0n) is 9.53. The predicted molar refractivity (Wildman–Crippen MR) is 63.0 cm³/mol. The average Bonchev–Trinajstić information content (AvgIpc) is 2.28. The molecule has 0 aliphatic carbocycles. The van der Waals surface area contributed by atoms with Crippen molar-refractivity contribution < 1.29 is 9.53 Å². The first-order chi connectivity index (χ1) is 7.74. The molecule has 0 unspecified atom stereocenters. The molecule has 0 fully saturated rings. The predicted octanol–water partition coefficient (Wildman–Crippen LogP) is 1.57. The zero-order valence-corrected chi connectivity index (χ0v) is 9.53. The summed E-state index contributed by atoms with van der Waals surface area (Å²) in [5, 5.41) is 2.63. The molecule has 1 aromatic carbocycles. The van der Waals surface area contributed by atoms with Crippen molar-refractivity contribution in [2.75, 3.05) is 13.1 Å². The maximum Gasteiger partial charge on any atom is 0.407 e. The van der Waals surface area contributed by atoms with E-state index in [0.29, 0.717) is 19.7 Å². The van der Waals surface area contributed by atoms with E-state index in [4.69, 9.17) is 10.5 Å². The van der Waals surface area contributed by atoms with Gasteiger partial charge in [0.25, 0.3) is 0 Å². The van der Waals surface area contributed by atoms with Crippen LogP contribution in [-0.4, -0.2) is 19.2 Å². The van der Waals surface area contributed by atoms with Crippen LogP contribution in [0.3, 0.4) is 0 Å². The molecule has 0 radical (unpaired) electrons. The van der Waals surface area contributed by atoms with Crippen molar-refractivity contribution in [3.63, 3.8) is 0 Å². The summed E-state index contributed by atoms with van der Waals surface area (Å²) in [6.07, 6.45) is 0.371. The number of nitrogens with one attached hydrogen (secondary N) is 1. The summed E-state index contributed by atoms with van der Waals surface area (Å²) in [6, 6.07) is 7.83. The molecule has 0 aliphatic heterocycles. The smallest absolute Gasteiger partial charge is 0.407 e. The minimum absolute atomic E-state index is 0.307. The maximum atomic E-state index is 11.2. The molecule has 1 rings (SSSR count). The van der Waals surface area contributed by atoms with E-state index in [0.717, 1.165) is 17.5 Å². The molecule has 4 nitrogen and oxygen atoms in total. The van der Waals surface area contributed by atoms with E-state index in [1.54, 1.807) is 0 Å². The van der Waals surface area contributed by atoms with Crippen LogP contribution in [0.25, 0.3) is 0 Å². The van der Waals surface area contributed by atoms with Gasteiger partial charge in [0.1, 0.15) is 6.61 Å². The molecule has 0 aromatic heterocycles. The van der Waals surface area contributed by atoms with E-state index >= 15 is 0 Å². The summed E-state index contributed by atoms with van der Waals surface area (Å²) < 4.78 is 5.06. The zero-order chi connectivity index (χ0) is 11.8. The van der Waals surface area contributed by atoms with Crippen LogP contribution in [0.5, 0.6) is 0 Å². The highest BCUT2D eigenvalue weighted by molar-refractivity contribution is 5.67. The van der Waals surface area contributed by atoms with Gasteiger partial charge in [0.15, 0.2) is 0 Å². The number of hydrogen-bond donors (Lipinski definition) is 2. The highest BCUT2D eigenvalue weighted by atomic mass is 16.5.